The topological polar surface area (TPSA) is 9.23 Å². The highest BCUT2D eigenvalue weighted by Crippen LogP contribution is 2.51. The third-order valence-electron chi connectivity index (χ3n) is 7.90. The number of hydrogen-bond acceptors (Lipinski definition) is 1. The van der Waals surface area contributed by atoms with E-state index in [2.05, 4.69) is 19.6 Å². The molecule has 24 heavy (non-hydrogen) atoms. The fraction of sp³-hybridized carbons (Fsp3) is 1.00. The van der Waals surface area contributed by atoms with Crippen LogP contribution in [0.4, 0.5) is 0 Å². The number of rotatable bonds is 5. The maximum absolute atomic E-state index is 7.52. The van der Waals surface area contributed by atoms with Crippen molar-refractivity contribution in [1.82, 2.24) is 0 Å². The molecule has 0 unspecified atom stereocenters. The van der Waals surface area contributed by atoms with Crippen molar-refractivity contribution >= 4 is 16.6 Å². The van der Waals surface area contributed by atoms with Crippen molar-refractivity contribution in [2.45, 2.75) is 133 Å². The molecule has 3 saturated carbocycles. The summed E-state index contributed by atoms with van der Waals surface area (Å²) in [5.74, 6) is 0. The first-order valence-electron chi connectivity index (χ1n) is 11.2. The summed E-state index contributed by atoms with van der Waals surface area (Å²) in [6, 6.07) is 0. The molecule has 3 fully saturated rings. The molecule has 140 valence electrons. The van der Waals surface area contributed by atoms with E-state index >= 15 is 0 Å². The van der Waals surface area contributed by atoms with Gasteiger partial charge in [-0.15, -0.1) is 0 Å². The molecule has 0 saturated heterocycles. The van der Waals surface area contributed by atoms with Crippen LogP contribution in [0.3, 0.4) is 0 Å². The summed E-state index contributed by atoms with van der Waals surface area (Å²) < 4.78 is 7.52. The molecule has 3 heteroatoms. The Labute approximate surface area is 153 Å². The first-order valence-corrected chi connectivity index (χ1v) is 16.8. The summed E-state index contributed by atoms with van der Waals surface area (Å²) >= 11 is 0. The lowest BCUT2D eigenvalue weighted by atomic mass is 9.99. The predicted octanol–water partition coefficient (Wildman–Crippen LogP) is 7.79. The van der Waals surface area contributed by atoms with Gasteiger partial charge in [0.1, 0.15) is 0 Å². The monoisotopic (exact) mass is 366 g/mol. The summed E-state index contributed by atoms with van der Waals surface area (Å²) in [7, 11) is -3.15. The summed E-state index contributed by atoms with van der Waals surface area (Å²) in [6.07, 6.45) is 22.2. The fourth-order valence-electron chi connectivity index (χ4n) is 6.30. The highest BCUT2D eigenvalue weighted by atomic mass is 28.4. The minimum atomic E-state index is -1.61. The highest BCUT2D eigenvalue weighted by Gasteiger charge is 2.50. The standard InChI is InChI=1S/C21H42OSi2/c1-23(2,19-13-7-4-8-14-19)22-24(3,20-15-9-5-10-16-20)21-17-11-6-12-18-21/h19-21H,4-18H2,1-3H3. The van der Waals surface area contributed by atoms with Gasteiger partial charge in [-0.1, -0.05) is 96.3 Å². The third kappa shape index (κ3) is 4.38. The molecule has 0 aromatic rings. The van der Waals surface area contributed by atoms with Gasteiger partial charge in [0.2, 0.25) is 0 Å². The Bertz CT molecular complexity index is 359. The Balaban J connectivity index is 1.77. The van der Waals surface area contributed by atoms with Crippen LogP contribution in [-0.2, 0) is 4.12 Å². The van der Waals surface area contributed by atoms with Crippen LogP contribution in [0.5, 0.6) is 0 Å². The van der Waals surface area contributed by atoms with E-state index in [9.17, 15) is 0 Å². The van der Waals surface area contributed by atoms with Gasteiger partial charge >= 0.3 is 0 Å². The first kappa shape index (κ1) is 19.2. The van der Waals surface area contributed by atoms with Crippen molar-refractivity contribution in [3.05, 3.63) is 0 Å². The molecule has 0 aromatic carbocycles. The van der Waals surface area contributed by atoms with Gasteiger partial charge in [0, 0.05) is 0 Å². The molecule has 0 spiro atoms. The van der Waals surface area contributed by atoms with Crippen LogP contribution in [0.2, 0.25) is 36.3 Å². The van der Waals surface area contributed by atoms with E-state index < -0.39 is 16.6 Å². The van der Waals surface area contributed by atoms with E-state index in [0.717, 1.165) is 16.6 Å². The van der Waals surface area contributed by atoms with Gasteiger partial charge in [0.15, 0.2) is 16.6 Å². The molecule has 0 radical (unpaired) electrons. The van der Waals surface area contributed by atoms with Crippen LogP contribution in [0.1, 0.15) is 96.3 Å². The van der Waals surface area contributed by atoms with Gasteiger partial charge < -0.3 is 4.12 Å². The van der Waals surface area contributed by atoms with Crippen molar-refractivity contribution in [2.75, 3.05) is 0 Å². The van der Waals surface area contributed by atoms with E-state index in [1.165, 1.54) is 96.3 Å². The lowest BCUT2D eigenvalue weighted by Crippen LogP contribution is -2.55. The van der Waals surface area contributed by atoms with Gasteiger partial charge in [-0.05, 0) is 36.3 Å². The van der Waals surface area contributed by atoms with Gasteiger partial charge in [0.05, 0.1) is 0 Å². The zero-order chi connectivity index (χ0) is 17.0. The number of hydrogen-bond donors (Lipinski definition) is 0. The van der Waals surface area contributed by atoms with Gasteiger partial charge in [0.25, 0.3) is 0 Å². The average molecular weight is 367 g/mol. The van der Waals surface area contributed by atoms with Gasteiger partial charge in [-0.25, -0.2) is 0 Å². The predicted molar refractivity (Wildman–Crippen MR) is 111 cm³/mol. The molecule has 3 aliphatic carbocycles. The zero-order valence-corrected chi connectivity index (χ0v) is 18.7. The van der Waals surface area contributed by atoms with E-state index in [4.69, 9.17) is 4.12 Å². The van der Waals surface area contributed by atoms with Crippen LogP contribution in [0, 0.1) is 0 Å². The highest BCUT2D eigenvalue weighted by molar-refractivity contribution is 6.87. The van der Waals surface area contributed by atoms with Crippen molar-refractivity contribution in [1.29, 1.82) is 0 Å². The smallest absolute Gasteiger partial charge is 0.182 e. The second kappa shape index (κ2) is 8.39. The van der Waals surface area contributed by atoms with Gasteiger partial charge in [-0.2, -0.15) is 0 Å². The third-order valence-corrected chi connectivity index (χ3v) is 18.7. The minimum Gasteiger partial charge on any atom is -0.455 e. The van der Waals surface area contributed by atoms with Crippen molar-refractivity contribution in [3.63, 3.8) is 0 Å². The summed E-state index contributed by atoms with van der Waals surface area (Å²) in [5.41, 5.74) is 2.90. The normalized spacial score (nSPS) is 26.6. The Hall–Kier alpha value is 0.394. The maximum Gasteiger partial charge on any atom is 0.182 e. The zero-order valence-electron chi connectivity index (χ0n) is 16.7. The van der Waals surface area contributed by atoms with Gasteiger partial charge in [-0.3, -0.25) is 0 Å². The molecule has 0 amide bonds. The fourth-order valence-corrected chi connectivity index (χ4v) is 18.4. The largest absolute Gasteiger partial charge is 0.455 e. The Morgan fingerprint density at radius 1 is 0.500 bits per heavy atom. The molecular weight excluding hydrogens is 324 g/mol. The lowest BCUT2D eigenvalue weighted by Gasteiger charge is -2.50. The van der Waals surface area contributed by atoms with Crippen LogP contribution >= 0.6 is 0 Å². The summed E-state index contributed by atoms with van der Waals surface area (Å²) in [5, 5.41) is 0. The molecule has 0 aliphatic heterocycles. The van der Waals surface area contributed by atoms with E-state index in [-0.39, 0.29) is 0 Å². The van der Waals surface area contributed by atoms with Crippen LogP contribution < -0.4 is 0 Å². The van der Waals surface area contributed by atoms with Crippen LogP contribution in [0.15, 0.2) is 0 Å². The van der Waals surface area contributed by atoms with Crippen molar-refractivity contribution in [3.8, 4) is 0 Å². The van der Waals surface area contributed by atoms with Crippen LogP contribution in [0.25, 0.3) is 0 Å². The quantitative estimate of drug-likeness (QED) is 0.451. The molecule has 0 heterocycles. The molecule has 0 aromatic heterocycles. The molecule has 0 bridgehead atoms. The first-order chi connectivity index (χ1) is 11.5. The Kier molecular flexibility index (Phi) is 6.70. The Morgan fingerprint density at radius 3 is 1.21 bits per heavy atom. The van der Waals surface area contributed by atoms with Crippen molar-refractivity contribution in [2.24, 2.45) is 0 Å². The van der Waals surface area contributed by atoms with E-state index in [0.29, 0.717) is 0 Å². The van der Waals surface area contributed by atoms with Crippen LogP contribution in [-0.4, -0.2) is 16.6 Å². The minimum absolute atomic E-state index is 0.949. The molecule has 3 rings (SSSR count). The molecule has 1 nitrogen and oxygen atoms in total. The SMILES string of the molecule is C[Si](C)(O[Si](C)(C1CCCCC1)C1CCCCC1)C1CCCCC1. The Morgan fingerprint density at radius 2 is 0.833 bits per heavy atom. The second-order valence-electron chi connectivity index (χ2n) is 9.89. The second-order valence-corrected chi connectivity index (χ2v) is 18.7. The summed E-state index contributed by atoms with van der Waals surface area (Å²) in [4.78, 5) is 0. The van der Waals surface area contributed by atoms with E-state index in [1.54, 1.807) is 0 Å². The molecule has 3 aliphatic rings. The molecule has 0 atom stereocenters. The molecule has 0 N–H and O–H groups in total. The maximum atomic E-state index is 7.52. The average Bonchev–Trinajstić information content (AvgIpc) is 2.63. The summed E-state index contributed by atoms with van der Waals surface area (Å²) in [6.45, 7) is 7.90. The van der Waals surface area contributed by atoms with Crippen molar-refractivity contribution < 1.29 is 4.12 Å². The lowest BCUT2D eigenvalue weighted by molar-refractivity contribution is 0.368. The van der Waals surface area contributed by atoms with E-state index in [1.807, 2.05) is 0 Å². The molecular formula is C21H42OSi2.